The van der Waals surface area contributed by atoms with E-state index in [2.05, 4.69) is 9.73 Å². The van der Waals surface area contributed by atoms with E-state index < -0.39 is 5.97 Å². The Labute approximate surface area is 166 Å². The van der Waals surface area contributed by atoms with Crippen molar-refractivity contribution < 1.29 is 24.2 Å². The van der Waals surface area contributed by atoms with Crippen molar-refractivity contribution in [2.24, 2.45) is 4.99 Å². The molecule has 3 rings (SSSR count). The standard InChI is InChI=1S/C20H18N2O5S/c1-22-18(24)16(11-13-5-4-6-15(26-2)17(13)23)28-20(22)21-14-9-7-12(8-10-14)19(25)27-3/h4-11,23H,1-3H3/b16-11+,21-20?. The maximum absolute atomic E-state index is 12.5. The number of phenolic OH excluding ortho intramolecular Hbond substituents is 1. The Morgan fingerprint density at radius 1 is 1.18 bits per heavy atom. The molecule has 0 bridgehead atoms. The van der Waals surface area contributed by atoms with Crippen molar-refractivity contribution in [3.05, 3.63) is 58.5 Å². The number of aromatic hydroxyl groups is 1. The van der Waals surface area contributed by atoms with Crippen LogP contribution in [0.1, 0.15) is 15.9 Å². The van der Waals surface area contributed by atoms with E-state index >= 15 is 0 Å². The molecule has 0 aromatic heterocycles. The Bertz CT molecular complexity index is 983. The summed E-state index contributed by atoms with van der Waals surface area (Å²) in [5.41, 5.74) is 1.50. The van der Waals surface area contributed by atoms with E-state index in [1.165, 1.54) is 30.9 Å². The molecule has 0 spiro atoms. The molecule has 2 aromatic rings. The van der Waals surface area contributed by atoms with Crippen LogP contribution in [0.15, 0.2) is 52.4 Å². The number of carbonyl (C=O) groups excluding carboxylic acids is 2. The molecular weight excluding hydrogens is 380 g/mol. The molecular formula is C20H18N2O5S. The van der Waals surface area contributed by atoms with Gasteiger partial charge in [0.15, 0.2) is 16.7 Å². The van der Waals surface area contributed by atoms with Gasteiger partial charge in [-0.2, -0.15) is 0 Å². The van der Waals surface area contributed by atoms with Gasteiger partial charge in [0.25, 0.3) is 5.91 Å². The first kappa shape index (κ1) is 19.5. The molecule has 1 fully saturated rings. The van der Waals surface area contributed by atoms with Gasteiger partial charge in [-0.25, -0.2) is 9.79 Å². The van der Waals surface area contributed by atoms with E-state index in [0.29, 0.717) is 32.6 Å². The number of ether oxygens (including phenoxy) is 2. The van der Waals surface area contributed by atoms with Crippen molar-refractivity contribution in [2.75, 3.05) is 21.3 Å². The summed E-state index contributed by atoms with van der Waals surface area (Å²) >= 11 is 1.20. The number of para-hydroxylation sites is 1. The third-order valence-electron chi connectivity index (χ3n) is 4.05. The number of nitrogens with zero attached hydrogens (tertiary/aromatic N) is 2. The number of phenols is 1. The third-order valence-corrected chi connectivity index (χ3v) is 5.11. The zero-order valence-electron chi connectivity index (χ0n) is 15.5. The summed E-state index contributed by atoms with van der Waals surface area (Å²) in [7, 11) is 4.41. The number of amidine groups is 1. The number of likely N-dealkylation sites (N-methyl/N-ethyl adjacent to an activating group) is 1. The van der Waals surface area contributed by atoms with E-state index in [1.807, 2.05) is 0 Å². The summed E-state index contributed by atoms with van der Waals surface area (Å²) in [6.07, 6.45) is 1.60. The quantitative estimate of drug-likeness (QED) is 0.627. The molecule has 1 aliphatic heterocycles. The van der Waals surface area contributed by atoms with Crippen molar-refractivity contribution in [3.63, 3.8) is 0 Å². The molecule has 1 saturated heterocycles. The second-order valence-corrected chi connectivity index (χ2v) is 6.81. The number of amides is 1. The first-order valence-electron chi connectivity index (χ1n) is 8.25. The van der Waals surface area contributed by atoms with Crippen LogP contribution in [0.25, 0.3) is 6.08 Å². The normalized spacial score (nSPS) is 16.7. The molecule has 0 aliphatic carbocycles. The molecule has 0 atom stereocenters. The molecule has 7 nitrogen and oxygen atoms in total. The first-order chi connectivity index (χ1) is 13.4. The molecule has 1 amide bonds. The third kappa shape index (κ3) is 3.86. The van der Waals surface area contributed by atoms with Crippen molar-refractivity contribution in [1.82, 2.24) is 4.90 Å². The Hall–Kier alpha value is -3.26. The first-order valence-corrected chi connectivity index (χ1v) is 9.07. The lowest BCUT2D eigenvalue weighted by molar-refractivity contribution is -0.121. The highest BCUT2D eigenvalue weighted by atomic mass is 32.2. The predicted molar refractivity (Wildman–Crippen MR) is 108 cm³/mol. The minimum absolute atomic E-state index is 0.0302. The number of thioether (sulfide) groups is 1. The highest BCUT2D eigenvalue weighted by molar-refractivity contribution is 8.18. The van der Waals surface area contributed by atoms with Crippen LogP contribution in [0.2, 0.25) is 0 Å². The Kier molecular flexibility index (Phi) is 5.70. The zero-order valence-corrected chi connectivity index (χ0v) is 16.3. The van der Waals surface area contributed by atoms with Gasteiger partial charge in [0, 0.05) is 12.6 Å². The summed E-state index contributed by atoms with van der Waals surface area (Å²) in [5.74, 6) is -0.350. The number of rotatable bonds is 4. The van der Waals surface area contributed by atoms with Gasteiger partial charge in [0.1, 0.15) is 0 Å². The fourth-order valence-corrected chi connectivity index (χ4v) is 3.49. The van der Waals surface area contributed by atoms with Gasteiger partial charge >= 0.3 is 5.97 Å². The predicted octanol–water partition coefficient (Wildman–Crippen LogP) is 3.42. The van der Waals surface area contributed by atoms with E-state index in [1.54, 1.807) is 55.6 Å². The fraction of sp³-hybridized carbons (Fsp3) is 0.150. The number of esters is 1. The molecule has 1 aliphatic rings. The summed E-state index contributed by atoms with van der Waals surface area (Å²) in [5, 5.41) is 10.7. The second kappa shape index (κ2) is 8.18. The maximum Gasteiger partial charge on any atom is 0.337 e. The summed E-state index contributed by atoms with van der Waals surface area (Å²) in [6.45, 7) is 0. The molecule has 28 heavy (non-hydrogen) atoms. The number of aliphatic imine (C=N–C) groups is 1. The van der Waals surface area contributed by atoms with Crippen LogP contribution in [0.5, 0.6) is 11.5 Å². The number of benzene rings is 2. The van der Waals surface area contributed by atoms with Gasteiger partial charge in [-0.3, -0.25) is 9.69 Å². The van der Waals surface area contributed by atoms with Gasteiger partial charge in [0.2, 0.25) is 0 Å². The molecule has 0 unspecified atom stereocenters. The zero-order chi connectivity index (χ0) is 20.3. The highest BCUT2D eigenvalue weighted by Gasteiger charge is 2.30. The Morgan fingerprint density at radius 3 is 2.54 bits per heavy atom. The van der Waals surface area contributed by atoms with Crippen LogP contribution < -0.4 is 4.74 Å². The van der Waals surface area contributed by atoms with Crippen molar-refractivity contribution >= 4 is 40.6 Å². The van der Waals surface area contributed by atoms with Crippen LogP contribution in [0.4, 0.5) is 5.69 Å². The van der Waals surface area contributed by atoms with E-state index in [4.69, 9.17) is 4.74 Å². The summed E-state index contributed by atoms with van der Waals surface area (Å²) in [6, 6.07) is 11.6. The molecule has 1 heterocycles. The minimum atomic E-state index is -0.426. The van der Waals surface area contributed by atoms with Gasteiger partial charge in [-0.05, 0) is 48.2 Å². The SMILES string of the molecule is COC(=O)c1ccc(N=C2S/C(=C/c3cccc(OC)c3O)C(=O)N2C)cc1. The highest BCUT2D eigenvalue weighted by Crippen LogP contribution is 2.37. The lowest BCUT2D eigenvalue weighted by Crippen LogP contribution is -2.23. The van der Waals surface area contributed by atoms with Crippen molar-refractivity contribution in [2.45, 2.75) is 0 Å². The van der Waals surface area contributed by atoms with Crippen molar-refractivity contribution in [1.29, 1.82) is 0 Å². The van der Waals surface area contributed by atoms with Gasteiger partial charge < -0.3 is 14.6 Å². The average molecular weight is 398 g/mol. The van der Waals surface area contributed by atoms with E-state index in [-0.39, 0.29) is 11.7 Å². The molecule has 2 aromatic carbocycles. The average Bonchev–Trinajstić information content (AvgIpc) is 2.97. The van der Waals surface area contributed by atoms with Crippen LogP contribution in [0, 0.1) is 0 Å². The smallest absolute Gasteiger partial charge is 0.337 e. The Balaban J connectivity index is 1.87. The lowest BCUT2D eigenvalue weighted by Gasteiger charge is -2.07. The monoisotopic (exact) mass is 398 g/mol. The number of hydrogen-bond donors (Lipinski definition) is 1. The van der Waals surface area contributed by atoms with Gasteiger partial charge in [-0.15, -0.1) is 0 Å². The molecule has 0 radical (unpaired) electrons. The molecule has 8 heteroatoms. The van der Waals surface area contributed by atoms with Crippen LogP contribution in [-0.4, -0.2) is 48.3 Å². The lowest BCUT2D eigenvalue weighted by atomic mass is 10.1. The van der Waals surface area contributed by atoms with E-state index in [0.717, 1.165) is 0 Å². The van der Waals surface area contributed by atoms with Crippen LogP contribution >= 0.6 is 11.8 Å². The largest absolute Gasteiger partial charge is 0.504 e. The maximum atomic E-state index is 12.5. The van der Waals surface area contributed by atoms with Gasteiger partial charge in [0.05, 0.1) is 30.4 Å². The minimum Gasteiger partial charge on any atom is -0.504 e. The van der Waals surface area contributed by atoms with Crippen LogP contribution in [-0.2, 0) is 9.53 Å². The van der Waals surface area contributed by atoms with E-state index in [9.17, 15) is 14.7 Å². The van der Waals surface area contributed by atoms with Crippen molar-refractivity contribution in [3.8, 4) is 11.5 Å². The van der Waals surface area contributed by atoms with Crippen LogP contribution in [0.3, 0.4) is 0 Å². The topological polar surface area (TPSA) is 88.4 Å². The molecule has 1 N–H and O–H groups in total. The number of methoxy groups -OCH3 is 2. The molecule has 144 valence electrons. The van der Waals surface area contributed by atoms with Gasteiger partial charge in [-0.1, -0.05) is 12.1 Å². The Morgan fingerprint density at radius 2 is 1.89 bits per heavy atom. The fourth-order valence-electron chi connectivity index (χ4n) is 2.51. The summed E-state index contributed by atoms with van der Waals surface area (Å²) in [4.78, 5) is 30.4. The number of carbonyl (C=O) groups is 2. The second-order valence-electron chi connectivity index (χ2n) is 5.81. The summed E-state index contributed by atoms with van der Waals surface area (Å²) < 4.78 is 9.76. The number of hydrogen-bond acceptors (Lipinski definition) is 7. The molecule has 0 saturated carbocycles.